The molecule has 1 heterocycles. The summed E-state index contributed by atoms with van der Waals surface area (Å²) in [5.41, 5.74) is 4.83. The first-order chi connectivity index (χ1) is 17.3. The van der Waals surface area contributed by atoms with Crippen molar-refractivity contribution in [3.63, 3.8) is 0 Å². The third-order valence-electron chi connectivity index (χ3n) is 5.99. The van der Waals surface area contributed by atoms with Gasteiger partial charge in [0.1, 0.15) is 12.4 Å². The van der Waals surface area contributed by atoms with Crippen LogP contribution in [-0.2, 0) is 19.4 Å². The van der Waals surface area contributed by atoms with Gasteiger partial charge >= 0.3 is 5.97 Å². The zero-order valence-corrected chi connectivity index (χ0v) is 23.4. The number of hydrogen-bond donors (Lipinski definition) is 1. The van der Waals surface area contributed by atoms with Gasteiger partial charge in [0.25, 0.3) is 0 Å². The molecule has 1 aromatic heterocycles. The molecule has 0 spiro atoms. The van der Waals surface area contributed by atoms with Gasteiger partial charge in [-0.1, -0.05) is 94.5 Å². The fourth-order valence-corrected chi connectivity index (χ4v) is 5.50. The van der Waals surface area contributed by atoms with Crippen molar-refractivity contribution in [2.75, 3.05) is 0 Å². The summed E-state index contributed by atoms with van der Waals surface area (Å²) in [6.07, 6.45) is 8.45. The number of carboxylic acid groups (broad SMARTS) is 1. The number of carboxylic acids is 1. The SMILES string of the molecule is C=C/C=C\C.CC.Cc1ccc(OCc2ccccc2-c2sc3c(c2C(=O)O)CC(C)(C)CC3)cc1. The molecule has 0 saturated heterocycles. The first-order valence-electron chi connectivity index (χ1n) is 12.6. The first kappa shape index (κ1) is 29.1. The van der Waals surface area contributed by atoms with Gasteiger partial charge in [0, 0.05) is 9.75 Å². The van der Waals surface area contributed by atoms with E-state index in [2.05, 4.69) is 20.4 Å². The summed E-state index contributed by atoms with van der Waals surface area (Å²) in [6.45, 7) is 16.3. The molecule has 0 bridgehead atoms. The fourth-order valence-electron chi connectivity index (χ4n) is 4.14. The van der Waals surface area contributed by atoms with Crippen LogP contribution < -0.4 is 4.74 Å². The van der Waals surface area contributed by atoms with E-state index in [4.69, 9.17) is 4.74 Å². The molecule has 0 fully saturated rings. The van der Waals surface area contributed by atoms with Crippen LogP contribution in [0.5, 0.6) is 5.75 Å². The number of benzene rings is 2. The normalized spacial score (nSPS) is 13.5. The highest BCUT2D eigenvalue weighted by molar-refractivity contribution is 7.16. The molecule has 4 heteroatoms. The second kappa shape index (κ2) is 13.8. The van der Waals surface area contributed by atoms with Crippen LogP contribution in [0, 0.1) is 12.3 Å². The van der Waals surface area contributed by atoms with E-state index in [1.54, 1.807) is 17.4 Å². The Morgan fingerprint density at radius 3 is 2.39 bits per heavy atom. The van der Waals surface area contributed by atoms with Gasteiger partial charge in [-0.15, -0.1) is 11.3 Å². The number of ether oxygens (including phenoxy) is 1. The quantitative estimate of drug-likeness (QED) is 0.340. The van der Waals surface area contributed by atoms with Gasteiger partial charge in [-0.05, 0) is 67.3 Å². The number of carbonyl (C=O) groups is 1. The lowest BCUT2D eigenvalue weighted by molar-refractivity contribution is 0.0696. The Labute approximate surface area is 221 Å². The highest BCUT2D eigenvalue weighted by Crippen LogP contribution is 2.45. The van der Waals surface area contributed by atoms with E-state index in [0.717, 1.165) is 46.6 Å². The van der Waals surface area contributed by atoms with Gasteiger partial charge in [0.15, 0.2) is 0 Å². The molecule has 192 valence electrons. The largest absolute Gasteiger partial charge is 0.489 e. The first-order valence-corrected chi connectivity index (χ1v) is 13.5. The second-order valence-electron chi connectivity index (χ2n) is 9.37. The van der Waals surface area contributed by atoms with E-state index in [1.165, 1.54) is 10.4 Å². The molecule has 0 amide bonds. The summed E-state index contributed by atoms with van der Waals surface area (Å²) in [5, 5.41) is 10.0. The van der Waals surface area contributed by atoms with E-state index < -0.39 is 5.97 Å². The Morgan fingerprint density at radius 1 is 1.14 bits per heavy atom. The second-order valence-corrected chi connectivity index (χ2v) is 10.5. The van der Waals surface area contributed by atoms with Crippen molar-refractivity contribution >= 4 is 17.3 Å². The zero-order valence-electron chi connectivity index (χ0n) is 22.6. The summed E-state index contributed by atoms with van der Waals surface area (Å²) < 4.78 is 6.00. The molecule has 1 aliphatic rings. The number of thiophene rings is 1. The predicted molar refractivity (Wildman–Crippen MR) is 154 cm³/mol. The summed E-state index contributed by atoms with van der Waals surface area (Å²) >= 11 is 1.65. The van der Waals surface area contributed by atoms with Gasteiger partial charge in [0.05, 0.1) is 5.56 Å². The molecular formula is C32H40O3S. The summed E-state index contributed by atoms with van der Waals surface area (Å²) in [5.74, 6) is -0.0134. The van der Waals surface area contributed by atoms with Gasteiger partial charge < -0.3 is 9.84 Å². The lowest BCUT2D eigenvalue weighted by atomic mass is 9.76. The Kier molecular flexibility index (Phi) is 11.2. The van der Waals surface area contributed by atoms with Crippen molar-refractivity contribution < 1.29 is 14.6 Å². The lowest BCUT2D eigenvalue weighted by Crippen LogP contribution is -2.22. The van der Waals surface area contributed by atoms with Crippen molar-refractivity contribution in [1.29, 1.82) is 0 Å². The van der Waals surface area contributed by atoms with Crippen LogP contribution in [0.4, 0.5) is 0 Å². The Morgan fingerprint density at radius 2 is 1.81 bits per heavy atom. The van der Waals surface area contributed by atoms with Crippen LogP contribution in [0.25, 0.3) is 10.4 Å². The predicted octanol–water partition coefficient (Wildman–Crippen LogP) is 9.29. The van der Waals surface area contributed by atoms with E-state index in [1.807, 2.05) is 88.4 Å². The molecule has 1 aliphatic carbocycles. The molecule has 2 aromatic carbocycles. The molecule has 0 atom stereocenters. The molecule has 3 aromatic rings. The zero-order chi connectivity index (χ0) is 26.7. The standard InChI is InChI=1S/C25H26O3S.C5H8.C2H6/c1-16-8-10-18(11-9-16)28-15-17-6-4-5-7-19(17)23-22(24(26)27)20-14-25(2,3)13-12-21(20)29-23;1-3-5-4-2;1-2/h4-11H,12-15H2,1-3H3,(H,26,27);3-5H,1H2,2H3;1-2H3/b;5-4-;. The Balaban J connectivity index is 0.000000583. The minimum atomic E-state index is -0.829. The van der Waals surface area contributed by atoms with Gasteiger partial charge in [-0.2, -0.15) is 0 Å². The molecule has 36 heavy (non-hydrogen) atoms. The fraction of sp³-hybridized carbons (Fsp3) is 0.344. The summed E-state index contributed by atoms with van der Waals surface area (Å²) in [7, 11) is 0. The lowest BCUT2D eigenvalue weighted by Gasteiger charge is -2.29. The molecule has 4 rings (SSSR count). The van der Waals surface area contributed by atoms with Gasteiger partial charge in [-0.25, -0.2) is 4.79 Å². The summed E-state index contributed by atoms with van der Waals surface area (Å²) in [6, 6.07) is 16.0. The molecule has 0 aliphatic heterocycles. The molecule has 3 nitrogen and oxygen atoms in total. The maximum Gasteiger partial charge on any atom is 0.337 e. The van der Waals surface area contributed by atoms with E-state index in [9.17, 15) is 9.90 Å². The Bertz CT molecular complexity index is 1170. The van der Waals surface area contributed by atoms with E-state index >= 15 is 0 Å². The number of aryl methyl sites for hydroxylation is 2. The average Bonchev–Trinajstić information content (AvgIpc) is 3.23. The highest BCUT2D eigenvalue weighted by Gasteiger charge is 2.33. The minimum absolute atomic E-state index is 0.142. The van der Waals surface area contributed by atoms with Crippen LogP contribution in [0.15, 0.2) is 73.3 Å². The number of fused-ring (bicyclic) bond motifs is 1. The van der Waals surface area contributed by atoms with Crippen LogP contribution in [0.3, 0.4) is 0 Å². The highest BCUT2D eigenvalue weighted by atomic mass is 32.1. The number of rotatable bonds is 6. The number of aromatic carboxylic acids is 1. The summed E-state index contributed by atoms with van der Waals surface area (Å²) in [4.78, 5) is 14.3. The van der Waals surface area contributed by atoms with Crippen molar-refractivity contribution in [1.82, 2.24) is 0 Å². The molecular weight excluding hydrogens is 464 g/mol. The van der Waals surface area contributed by atoms with Crippen LogP contribution in [-0.4, -0.2) is 11.1 Å². The van der Waals surface area contributed by atoms with Crippen molar-refractivity contribution in [3.05, 3.63) is 100 Å². The topological polar surface area (TPSA) is 46.5 Å². The molecule has 0 radical (unpaired) electrons. The third kappa shape index (κ3) is 7.69. The van der Waals surface area contributed by atoms with Crippen molar-refractivity contribution in [2.45, 2.75) is 67.4 Å². The van der Waals surface area contributed by atoms with Crippen molar-refractivity contribution in [3.8, 4) is 16.2 Å². The van der Waals surface area contributed by atoms with Gasteiger partial charge in [-0.3, -0.25) is 0 Å². The Hall–Kier alpha value is -3.11. The monoisotopic (exact) mass is 504 g/mol. The maximum absolute atomic E-state index is 12.2. The minimum Gasteiger partial charge on any atom is -0.489 e. The van der Waals surface area contributed by atoms with Gasteiger partial charge in [0.2, 0.25) is 0 Å². The van der Waals surface area contributed by atoms with Crippen LogP contribution in [0.2, 0.25) is 0 Å². The van der Waals surface area contributed by atoms with E-state index in [-0.39, 0.29) is 5.41 Å². The smallest absolute Gasteiger partial charge is 0.337 e. The van der Waals surface area contributed by atoms with E-state index in [0.29, 0.717) is 12.2 Å². The average molecular weight is 505 g/mol. The number of hydrogen-bond acceptors (Lipinski definition) is 3. The number of allylic oxidation sites excluding steroid dienone is 3. The molecule has 0 saturated carbocycles. The third-order valence-corrected chi connectivity index (χ3v) is 7.32. The van der Waals surface area contributed by atoms with Crippen LogP contribution >= 0.6 is 11.3 Å². The maximum atomic E-state index is 12.2. The van der Waals surface area contributed by atoms with Crippen LogP contribution in [0.1, 0.15) is 73.0 Å². The van der Waals surface area contributed by atoms with Crippen molar-refractivity contribution in [2.24, 2.45) is 5.41 Å². The molecule has 0 unspecified atom stereocenters. The molecule has 1 N–H and O–H groups in total.